The van der Waals surface area contributed by atoms with E-state index >= 15 is 0 Å². The summed E-state index contributed by atoms with van der Waals surface area (Å²) in [6.45, 7) is 5.55. The Morgan fingerprint density at radius 1 is 1.39 bits per heavy atom. The first-order valence-corrected chi connectivity index (χ1v) is 7.99. The highest BCUT2D eigenvalue weighted by atomic mass is 32.1. The van der Waals surface area contributed by atoms with Crippen LogP contribution in [0.4, 0.5) is 10.8 Å². The van der Waals surface area contributed by atoms with Crippen LogP contribution in [0.3, 0.4) is 0 Å². The van der Waals surface area contributed by atoms with Gasteiger partial charge in [-0.2, -0.15) is 0 Å². The van der Waals surface area contributed by atoms with Crippen molar-refractivity contribution in [2.75, 3.05) is 16.8 Å². The highest BCUT2D eigenvalue weighted by Gasteiger charge is 2.50. The van der Waals surface area contributed by atoms with Crippen LogP contribution in [0.1, 0.15) is 18.9 Å². The fourth-order valence-electron chi connectivity index (χ4n) is 2.42. The highest BCUT2D eigenvalue weighted by Crippen LogP contribution is 2.38. The van der Waals surface area contributed by atoms with Crippen LogP contribution in [0.5, 0.6) is 5.75 Å². The molecule has 2 amide bonds. The van der Waals surface area contributed by atoms with E-state index in [-0.39, 0.29) is 0 Å². The molecule has 1 atom stereocenters. The second kappa shape index (κ2) is 5.62. The minimum Gasteiger partial charge on any atom is -0.465 e. The molecule has 0 spiro atoms. The Balaban J connectivity index is 1.94. The maximum absolute atomic E-state index is 12.8. The molecule has 23 heavy (non-hydrogen) atoms. The predicted molar refractivity (Wildman–Crippen MR) is 86.8 cm³/mol. The lowest BCUT2D eigenvalue weighted by Crippen LogP contribution is -2.60. The number of benzene rings is 1. The number of aromatic nitrogens is 2. The van der Waals surface area contributed by atoms with Crippen molar-refractivity contribution < 1.29 is 14.3 Å². The SMILES string of the molecule is CCN1C(=O)C(C)(C(=O)Nc2nnc(C)s2)Oc2ccccc21. The average molecular weight is 332 g/mol. The van der Waals surface area contributed by atoms with Crippen molar-refractivity contribution in [1.82, 2.24) is 10.2 Å². The Labute approximate surface area is 137 Å². The number of para-hydroxylation sites is 2. The molecule has 0 bridgehead atoms. The van der Waals surface area contributed by atoms with E-state index in [1.54, 1.807) is 30.0 Å². The van der Waals surface area contributed by atoms with Gasteiger partial charge in [-0.15, -0.1) is 10.2 Å². The molecule has 0 saturated heterocycles. The van der Waals surface area contributed by atoms with E-state index in [1.807, 2.05) is 13.0 Å². The van der Waals surface area contributed by atoms with E-state index in [0.29, 0.717) is 23.1 Å². The summed E-state index contributed by atoms with van der Waals surface area (Å²) in [6.07, 6.45) is 0. The number of likely N-dealkylation sites (N-methyl/N-ethyl adjacent to an activating group) is 1. The number of carbonyl (C=O) groups excluding carboxylic acids is 2. The molecule has 0 aliphatic carbocycles. The van der Waals surface area contributed by atoms with Gasteiger partial charge in [0, 0.05) is 6.54 Å². The molecule has 0 radical (unpaired) electrons. The van der Waals surface area contributed by atoms with Gasteiger partial charge in [0.25, 0.3) is 17.4 Å². The third-order valence-corrected chi connectivity index (χ3v) is 4.37. The lowest BCUT2D eigenvalue weighted by atomic mass is 10.00. The van der Waals surface area contributed by atoms with Crippen LogP contribution in [0.15, 0.2) is 24.3 Å². The molecule has 8 heteroatoms. The molecule has 1 aromatic heterocycles. The molecular formula is C15H16N4O3S. The molecule has 2 aromatic rings. The fraction of sp³-hybridized carbons (Fsp3) is 0.333. The zero-order valence-corrected chi connectivity index (χ0v) is 13.8. The first kappa shape index (κ1) is 15.4. The molecule has 2 heterocycles. The molecule has 3 rings (SSSR count). The van der Waals surface area contributed by atoms with Crippen LogP contribution in [-0.4, -0.2) is 34.2 Å². The second-order valence-corrected chi connectivity index (χ2v) is 6.41. The van der Waals surface area contributed by atoms with Gasteiger partial charge in [0.2, 0.25) is 5.13 Å². The van der Waals surface area contributed by atoms with Crippen LogP contribution < -0.4 is 15.0 Å². The smallest absolute Gasteiger partial charge is 0.280 e. The molecule has 1 unspecified atom stereocenters. The van der Waals surface area contributed by atoms with Crippen LogP contribution in [0.2, 0.25) is 0 Å². The van der Waals surface area contributed by atoms with Crippen LogP contribution >= 0.6 is 11.3 Å². The molecule has 1 aromatic carbocycles. The first-order chi connectivity index (χ1) is 11.0. The summed E-state index contributed by atoms with van der Waals surface area (Å²) < 4.78 is 5.76. The van der Waals surface area contributed by atoms with Gasteiger partial charge < -0.3 is 9.64 Å². The summed E-state index contributed by atoms with van der Waals surface area (Å²) in [5.74, 6) is -0.468. The van der Waals surface area contributed by atoms with Crippen molar-refractivity contribution >= 4 is 34.0 Å². The number of hydrogen-bond donors (Lipinski definition) is 1. The van der Waals surface area contributed by atoms with Crippen LogP contribution in [-0.2, 0) is 9.59 Å². The zero-order valence-electron chi connectivity index (χ0n) is 13.0. The Kier molecular flexibility index (Phi) is 3.77. The van der Waals surface area contributed by atoms with E-state index in [2.05, 4.69) is 15.5 Å². The first-order valence-electron chi connectivity index (χ1n) is 7.17. The summed E-state index contributed by atoms with van der Waals surface area (Å²) in [6, 6.07) is 7.16. The zero-order chi connectivity index (χ0) is 16.6. The van der Waals surface area contributed by atoms with Gasteiger partial charge in [-0.05, 0) is 32.9 Å². The normalized spacial score (nSPS) is 20.0. The van der Waals surface area contributed by atoms with Crippen molar-refractivity contribution in [3.63, 3.8) is 0 Å². The quantitative estimate of drug-likeness (QED) is 0.869. The molecule has 1 aliphatic rings. The average Bonchev–Trinajstić information content (AvgIpc) is 2.93. The number of anilines is 2. The predicted octanol–water partition coefficient (Wildman–Crippen LogP) is 1.99. The maximum Gasteiger partial charge on any atom is 0.280 e. The van der Waals surface area contributed by atoms with Gasteiger partial charge in [-0.25, -0.2) is 0 Å². The number of ether oxygens (including phenoxy) is 1. The van der Waals surface area contributed by atoms with Gasteiger partial charge in [-0.1, -0.05) is 23.5 Å². The lowest BCUT2D eigenvalue weighted by Gasteiger charge is -2.38. The number of rotatable bonds is 3. The number of aryl methyl sites for hydroxylation is 1. The molecule has 1 aliphatic heterocycles. The summed E-state index contributed by atoms with van der Waals surface area (Å²) in [5, 5.41) is 11.4. The monoisotopic (exact) mass is 332 g/mol. The largest absolute Gasteiger partial charge is 0.465 e. The third-order valence-electron chi connectivity index (χ3n) is 3.62. The van der Waals surface area contributed by atoms with E-state index in [4.69, 9.17) is 4.74 Å². The van der Waals surface area contributed by atoms with E-state index in [9.17, 15) is 9.59 Å². The van der Waals surface area contributed by atoms with Gasteiger partial charge in [0.05, 0.1) is 5.69 Å². The van der Waals surface area contributed by atoms with Crippen molar-refractivity contribution in [2.45, 2.75) is 26.4 Å². The van der Waals surface area contributed by atoms with Gasteiger partial charge in [-0.3, -0.25) is 14.9 Å². The third kappa shape index (κ3) is 2.55. The van der Waals surface area contributed by atoms with Crippen molar-refractivity contribution in [3.05, 3.63) is 29.3 Å². The minimum atomic E-state index is -1.65. The van der Waals surface area contributed by atoms with Crippen LogP contribution in [0, 0.1) is 6.92 Å². The minimum absolute atomic E-state index is 0.340. The van der Waals surface area contributed by atoms with Crippen molar-refractivity contribution in [3.8, 4) is 5.75 Å². The summed E-state index contributed by atoms with van der Waals surface area (Å²) in [7, 11) is 0. The van der Waals surface area contributed by atoms with E-state index < -0.39 is 17.4 Å². The van der Waals surface area contributed by atoms with Crippen molar-refractivity contribution in [2.24, 2.45) is 0 Å². The van der Waals surface area contributed by atoms with Crippen molar-refractivity contribution in [1.29, 1.82) is 0 Å². The lowest BCUT2D eigenvalue weighted by molar-refractivity contribution is -0.145. The molecule has 7 nitrogen and oxygen atoms in total. The number of nitrogens with one attached hydrogen (secondary N) is 1. The molecule has 120 valence electrons. The fourth-order valence-corrected chi connectivity index (χ4v) is 3.00. The number of nitrogens with zero attached hydrogens (tertiary/aromatic N) is 3. The second-order valence-electron chi connectivity index (χ2n) is 5.23. The molecule has 0 fully saturated rings. The number of amides is 2. The number of fused-ring (bicyclic) bond motifs is 1. The Morgan fingerprint density at radius 3 is 2.78 bits per heavy atom. The number of hydrogen-bond acceptors (Lipinski definition) is 6. The Morgan fingerprint density at radius 2 is 2.13 bits per heavy atom. The molecule has 1 N–H and O–H groups in total. The van der Waals surface area contributed by atoms with E-state index in [0.717, 1.165) is 5.01 Å². The standard InChI is InChI=1S/C15H16N4O3S/c1-4-19-10-7-5-6-8-11(10)22-15(3,13(19)21)12(20)16-14-18-17-9(2)23-14/h5-8H,4H2,1-3H3,(H,16,18,20). The van der Waals surface area contributed by atoms with Gasteiger partial charge >= 0.3 is 0 Å². The van der Waals surface area contributed by atoms with Gasteiger partial charge in [0.1, 0.15) is 10.8 Å². The van der Waals surface area contributed by atoms with Gasteiger partial charge in [0.15, 0.2) is 0 Å². The summed E-state index contributed by atoms with van der Waals surface area (Å²) in [4.78, 5) is 27.0. The Hall–Kier alpha value is -2.48. The molecule has 0 saturated carbocycles. The summed E-state index contributed by atoms with van der Waals surface area (Å²) >= 11 is 1.24. The maximum atomic E-state index is 12.8. The summed E-state index contributed by atoms with van der Waals surface area (Å²) in [5.41, 5.74) is -0.985. The topological polar surface area (TPSA) is 84.4 Å². The number of carbonyl (C=O) groups is 2. The Bertz CT molecular complexity index is 776. The van der Waals surface area contributed by atoms with Crippen LogP contribution in [0.25, 0.3) is 0 Å². The van der Waals surface area contributed by atoms with E-state index in [1.165, 1.54) is 18.3 Å². The molecular weight excluding hydrogens is 316 g/mol. The highest BCUT2D eigenvalue weighted by molar-refractivity contribution is 7.15.